The molecule has 1 aromatic heterocycles. The fourth-order valence-electron chi connectivity index (χ4n) is 2.57. The highest BCUT2D eigenvalue weighted by Crippen LogP contribution is 2.28. The van der Waals surface area contributed by atoms with Gasteiger partial charge in [-0.05, 0) is 31.0 Å². The lowest BCUT2D eigenvalue weighted by atomic mass is 9.81. The summed E-state index contributed by atoms with van der Waals surface area (Å²) in [5, 5.41) is 2.95. The van der Waals surface area contributed by atoms with Gasteiger partial charge in [-0.3, -0.25) is 4.79 Å². The molecular formula is C17H26ClN3O3. The number of carbonyl (C=O) groups is 1. The van der Waals surface area contributed by atoms with Crippen LogP contribution in [0.1, 0.15) is 32.6 Å². The topological polar surface area (TPSA) is 90.4 Å². The summed E-state index contributed by atoms with van der Waals surface area (Å²) in [6, 6.07) is 5.45. The Morgan fingerprint density at radius 3 is 2.67 bits per heavy atom. The average molecular weight is 356 g/mol. The Kier molecular flexibility index (Phi) is 7.66. The van der Waals surface area contributed by atoms with Gasteiger partial charge in [0.25, 0.3) is 0 Å². The number of aromatic nitrogens is 1. The van der Waals surface area contributed by atoms with E-state index < -0.39 is 5.41 Å². The number of ether oxygens (including phenoxy) is 1. The summed E-state index contributed by atoms with van der Waals surface area (Å²) in [6.45, 7) is 4.86. The number of carbonyl (C=O) groups excluding carboxylic acids is 1. The van der Waals surface area contributed by atoms with E-state index in [0.29, 0.717) is 49.6 Å². The molecule has 1 aromatic carbocycles. The quantitative estimate of drug-likeness (QED) is 0.759. The normalized spacial score (nSPS) is 11.3. The van der Waals surface area contributed by atoms with Crippen molar-refractivity contribution in [3.05, 3.63) is 24.1 Å². The Bertz CT molecular complexity index is 660. The van der Waals surface area contributed by atoms with Crippen LogP contribution in [-0.4, -0.2) is 31.2 Å². The number of amides is 1. The van der Waals surface area contributed by atoms with Gasteiger partial charge in [-0.1, -0.05) is 13.8 Å². The van der Waals surface area contributed by atoms with E-state index in [9.17, 15) is 4.79 Å². The van der Waals surface area contributed by atoms with Crippen molar-refractivity contribution in [2.75, 3.05) is 25.6 Å². The standard InChI is InChI=1S/C17H25N3O3.ClH/c1-4-17(5-2,11-18)16(21)19-12-6-7-14-13(10-12)20-15(23-14)8-9-22-3;/h6-7,10H,4-5,8-9,11,18H2,1-3H3,(H,19,21);1H. The number of rotatable bonds is 8. The van der Waals surface area contributed by atoms with Crippen LogP contribution in [0.5, 0.6) is 0 Å². The molecule has 0 fully saturated rings. The molecule has 0 aliphatic rings. The van der Waals surface area contributed by atoms with Crippen LogP contribution in [0, 0.1) is 5.41 Å². The van der Waals surface area contributed by atoms with E-state index in [1.807, 2.05) is 32.0 Å². The maximum absolute atomic E-state index is 12.6. The van der Waals surface area contributed by atoms with Crippen LogP contribution in [0.25, 0.3) is 11.1 Å². The Morgan fingerprint density at radius 2 is 2.08 bits per heavy atom. The summed E-state index contributed by atoms with van der Waals surface area (Å²) < 4.78 is 10.7. The second-order valence-electron chi connectivity index (χ2n) is 5.68. The third-order valence-electron chi connectivity index (χ3n) is 4.44. The summed E-state index contributed by atoms with van der Waals surface area (Å²) in [4.78, 5) is 17.0. The maximum Gasteiger partial charge on any atom is 0.231 e. The van der Waals surface area contributed by atoms with Gasteiger partial charge in [0.15, 0.2) is 11.5 Å². The molecular weight excluding hydrogens is 330 g/mol. The predicted molar refractivity (Wildman–Crippen MR) is 97.5 cm³/mol. The highest BCUT2D eigenvalue weighted by molar-refractivity contribution is 5.96. The summed E-state index contributed by atoms with van der Waals surface area (Å²) in [7, 11) is 1.64. The molecule has 0 bridgehead atoms. The van der Waals surface area contributed by atoms with Crippen LogP contribution >= 0.6 is 12.4 Å². The summed E-state index contributed by atoms with van der Waals surface area (Å²) in [5.41, 5.74) is 7.42. The number of oxazole rings is 1. The van der Waals surface area contributed by atoms with Gasteiger partial charge in [0.2, 0.25) is 5.91 Å². The molecule has 0 saturated carbocycles. The van der Waals surface area contributed by atoms with Crippen molar-refractivity contribution >= 4 is 35.1 Å². The molecule has 0 spiro atoms. The molecule has 6 nitrogen and oxygen atoms in total. The number of methoxy groups -OCH3 is 1. The molecule has 0 saturated heterocycles. The van der Waals surface area contributed by atoms with Crippen molar-refractivity contribution in [3.8, 4) is 0 Å². The molecule has 0 aliphatic heterocycles. The van der Waals surface area contributed by atoms with Gasteiger partial charge in [0.05, 0.1) is 12.0 Å². The lowest BCUT2D eigenvalue weighted by molar-refractivity contribution is -0.125. The fraction of sp³-hybridized carbons (Fsp3) is 0.529. The van der Waals surface area contributed by atoms with E-state index >= 15 is 0 Å². The number of halogens is 1. The predicted octanol–water partition coefficient (Wildman–Crippen LogP) is 3.14. The number of nitrogens with zero attached hydrogens (tertiary/aromatic N) is 1. The van der Waals surface area contributed by atoms with Gasteiger partial charge >= 0.3 is 0 Å². The van der Waals surface area contributed by atoms with E-state index in [-0.39, 0.29) is 18.3 Å². The van der Waals surface area contributed by atoms with Crippen LogP contribution in [-0.2, 0) is 16.0 Å². The largest absolute Gasteiger partial charge is 0.441 e. The first-order valence-electron chi connectivity index (χ1n) is 7.98. The van der Waals surface area contributed by atoms with Gasteiger partial charge in [-0.15, -0.1) is 12.4 Å². The highest BCUT2D eigenvalue weighted by Gasteiger charge is 2.33. The minimum absolute atomic E-state index is 0. The number of hydrogen-bond donors (Lipinski definition) is 2. The molecule has 7 heteroatoms. The molecule has 0 aliphatic carbocycles. The molecule has 1 amide bonds. The van der Waals surface area contributed by atoms with Crippen LogP contribution in [0.3, 0.4) is 0 Å². The van der Waals surface area contributed by atoms with Crippen LogP contribution in [0.4, 0.5) is 5.69 Å². The lowest BCUT2D eigenvalue weighted by Crippen LogP contribution is -2.41. The Labute approximate surface area is 148 Å². The molecule has 0 radical (unpaired) electrons. The van der Waals surface area contributed by atoms with Gasteiger partial charge in [0.1, 0.15) is 5.52 Å². The molecule has 0 atom stereocenters. The minimum atomic E-state index is -0.525. The van der Waals surface area contributed by atoms with Crippen molar-refractivity contribution in [1.82, 2.24) is 4.98 Å². The van der Waals surface area contributed by atoms with Gasteiger partial charge < -0.3 is 20.2 Å². The first kappa shape index (κ1) is 20.4. The van der Waals surface area contributed by atoms with Crippen LogP contribution in [0.2, 0.25) is 0 Å². The van der Waals surface area contributed by atoms with E-state index in [4.69, 9.17) is 14.9 Å². The van der Waals surface area contributed by atoms with Crippen molar-refractivity contribution in [1.29, 1.82) is 0 Å². The molecule has 1 heterocycles. The SMILES string of the molecule is CCC(CC)(CN)C(=O)Nc1ccc2oc(CCOC)nc2c1.Cl. The van der Waals surface area contributed by atoms with Crippen molar-refractivity contribution < 1.29 is 13.9 Å². The van der Waals surface area contributed by atoms with E-state index in [0.717, 1.165) is 5.52 Å². The van der Waals surface area contributed by atoms with Crippen LogP contribution < -0.4 is 11.1 Å². The first-order valence-corrected chi connectivity index (χ1v) is 7.98. The van der Waals surface area contributed by atoms with Crippen molar-refractivity contribution in [3.63, 3.8) is 0 Å². The summed E-state index contributed by atoms with van der Waals surface area (Å²) >= 11 is 0. The Balaban J connectivity index is 0.00000288. The number of benzene rings is 1. The second-order valence-corrected chi connectivity index (χ2v) is 5.68. The average Bonchev–Trinajstić information content (AvgIpc) is 2.97. The number of nitrogens with one attached hydrogen (secondary N) is 1. The monoisotopic (exact) mass is 355 g/mol. The van der Waals surface area contributed by atoms with Crippen molar-refractivity contribution in [2.45, 2.75) is 33.1 Å². The summed E-state index contributed by atoms with van der Waals surface area (Å²) in [6.07, 6.45) is 2.03. The zero-order chi connectivity index (χ0) is 16.9. The van der Waals surface area contributed by atoms with Crippen molar-refractivity contribution in [2.24, 2.45) is 11.1 Å². The number of anilines is 1. The maximum atomic E-state index is 12.6. The van der Waals surface area contributed by atoms with E-state index in [1.54, 1.807) is 7.11 Å². The van der Waals surface area contributed by atoms with Crippen LogP contribution in [0.15, 0.2) is 22.6 Å². The first-order chi connectivity index (χ1) is 11.1. The third-order valence-corrected chi connectivity index (χ3v) is 4.44. The fourth-order valence-corrected chi connectivity index (χ4v) is 2.57. The van der Waals surface area contributed by atoms with Gasteiger partial charge in [-0.25, -0.2) is 4.98 Å². The zero-order valence-electron chi connectivity index (χ0n) is 14.4. The Hall–Kier alpha value is -1.63. The molecule has 134 valence electrons. The second kappa shape index (κ2) is 9.01. The third kappa shape index (κ3) is 4.26. The highest BCUT2D eigenvalue weighted by atomic mass is 35.5. The minimum Gasteiger partial charge on any atom is -0.441 e. The molecule has 2 rings (SSSR count). The smallest absolute Gasteiger partial charge is 0.231 e. The molecule has 0 unspecified atom stereocenters. The van der Waals surface area contributed by atoms with Gasteiger partial charge in [-0.2, -0.15) is 0 Å². The molecule has 2 aromatic rings. The molecule has 24 heavy (non-hydrogen) atoms. The summed E-state index contributed by atoms with van der Waals surface area (Å²) in [5.74, 6) is 0.580. The van der Waals surface area contributed by atoms with E-state index in [2.05, 4.69) is 10.3 Å². The number of fused-ring (bicyclic) bond motifs is 1. The Morgan fingerprint density at radius 1 is 1.38 bits per heavy atom. The number of nitrogens with two attached hydrogens (primary N) is 1. The van der Waals surface area contributed by atoms with E-state index in [1.165, 1.54) is 0 Å². The molecule has 3 N–H and O–H groups in total. The zero-order valence-corrected chi connectivity index (χ0v) is 15.2. The number of hydrogen-bond acceptors (Lipinski definition) is 5. The van der Waals surface area contributed by atoms with Gasteiger partial charge in [0, 0.05) is 25.8 Å². The lowest BCUT2D eigenvalue weighted by Gasteiger charge is -2.28.